The van der Waals surface area contributed by atoms with Gasteiger partial charge < -0.3 is 11.1 Å². The molecule has 7 nitrogen and oxygen atoms in total. The summed E-state index contributed by atoms with van der Waals surface area (Å²) >= 11 is 0. The number of hydrogen-bond acceptors (Lipinski definition) is 5. The molecule has 25 heavy (non-hydrogen) atoms. The van der Waals surface area contributed by atoms with Crippen LogP contribution in [0.25, 0.3) is 10.9 Å². The molecule has 2 aromatic carbocycles. The molecule has 1 heterocycles. The van der Waals surface area contributed by atoms with E-state index >= 15 is 0 Å². The Morgan fingerprint density at radius 1 is 1.24 bits per heavy atom. The number of aromatic nitrogens is 1. The van der Waals surface area contributed by atoms with E-state index < -0.39 is 4.92 Å². The number of nitro benzene ring substituents is 1. The highest BCUT2D eigenvalue weighted by Gasteiger charge is 2.16. The van der Waals surface area contributed by atoms with Crippen molar-refractivity contribution in [2.75, 3.05) is 11.1 Å². The summed E-state index contributed by atoms with van der Waals surface area (Å²) in [6.07, 6.45) is -0.00466. The van der Waals surface area contributed by atoms with E-state index in [1.807, 2.05) is 18.2 Å². The number of nitrogens with zero attached hydrogens (tertiary/aromatic N) is 2. The number of amides is 1. The lowest BCUT2D eigenvalue weighted by atomic mass is 10.1. The summed E-state index contributed by atoms with van der Waals surface area (Å²) in [4.78, 5) is 27.3. The quantitative estimate of drug-likeness (QED) is 0.432. The highest BCUT2D eigenvalue weighted by molar-refractivity contribution is 5.95. The third-order valence-electron chi connectivity index (χ3n) is 3.77. The fourth-order valence-corrected chi connectivity index (χ4v) is 2.57. The van der Waals surface area contributed by atoms with Crippen molar-refractivity contribution in [1.29, 1.82) is 0 Å². The lowest BCUT2D eigenvalue weighted by Gasteiger charge is -2.08. The van der Waals surface area contributed by atoms with E-state index in [2.05, 4.69) is 10.3 Å². The molecular formula is C18H16N4O3. The second-order valence-electron chi connectivity index (χ2n) is 5.72. The number of nitro groups is 1. The van der Waals surface area contributed by atoms with Gasteiger partial charge in [-0.05, 0) is 30.7 Å². The minimum absolute atomic E-state index is 0.00466. The smallest absolute Gasteiger partial charge is 0.293 e. The zero-order valence-electron chi connectivity index (χ0n) is 13.5. The number of rotatable bonds is 4. The van der Waals surface area contributed by atoms with E-state index in [1.54, 1.807) is 25.1 Å². The van der Waals surface area contributed by atoms with Crippen molar-refractivity contribution in [3.63, 3.8) is 0 Å². The van der Waals surface area contributed by atoms with Gasteiger partial charge in [0.25, 0.3) is 5.69 Å². The molecule has 3 N–H and O–H groups in total. The number of nitrogens with one attached hydrogen (secondary N) is 1. The Bertz CT molecular complexity index is 985. The van der Waals surface area contributed by atoms with Crippen molar-refractivity contribution in [2.24, 2.45) is 0 Å². The number of benzene rings is 2. The van der Waals surface area contributed by atoms with Crippen LogP contribution in [0.5, 0.6) is 0 Å². The molecule has 1 amide bonds. The number of nitrogens with two attached hydrogens (primary N) is 1. The number of aryl methyl sites for hydroxylation is 1. The summed E-state index contributed by atoms with van der Waals surface area (Å²) in [6.45, 7) is 1.75. The lowest BCUT2D eigenvalue weighted by molar-refractivity contribution is -0.384. The van der Waals surface area contributed by atoms with Gasteiger partial charge in [-0.3, -0.25) is 19.9 Å². The van der Waals surface area contributed by atoms with Gasteiger partial charge in [-0.25, -0.2) is 0 Å². The van der Waals surface area contributed by atoms with Crippen LogP contribution in [0.1, 0.15) is 11.3 Å². The summed E-state index contributed by atoms with van der Waals surface area (Å²) in [5, 5.41) is 14.6. The summed E-state index contributed by atoms with van der Waals surface area (Å²) in [6, 6.07) is 13.7. The summed E-state index contributed by atoms with van der Waals surface area (Å²) in [5.74, 6) is -0.381. The Kier molecular flexibility index (Phi) is 4.30. The lowest BCUT2D eigenvalue weighted by Crippen LogP contribution is -2.16. The largest absolute Gasteiger partial charge is 0.397 e. The monoisotopic (exact) mass is 336 g/mol. The molecule has 0 fully saturated rings. The molecule has 3 aromatic rings. The zero-order valence-corrected chi connectivity index (χ0v) is 13.5. The van der Waals surface area contributed by atoms with E-state index in [0.717, 1.165) is 10.9 Å². The highest BCUT2D eigenvalue weighted by Crippen LogP contribution is 2.25. The molecule has 126 valence electrons. The maximum atomic E-state index is 12.3. The summed E-state index contributed by atoms with van der Waals surface area (Å²) in [5.41, 5.74) is 8.40. The third kappa shape index (κ3) is 3.55. The van der Waals surface area contributed by atoms with Gasteiger partial charge in [-0.2, -0.15) is 0 Å². The van der Waals surface area contributed by atoms with Gasteiger partial charge in [-0.1, -0.05) is 24.3 Å². The van der Waals surface area contributed by atoms with Crippen LogP contribution in [0.15, 0.2) is 48.5 Å². The van der Waals surface area contributed by atoms with Crippen molar-refractivity contribution < 1.29 is 9.72 Å². The van der Waals surface area contributed by atoms with Crippen LogP contribution in [0, 0.1) is 17.0 Å². The van der Waals surface area contributed by atoms with Gasteiger partial charge in [0.2, 0.25) is 5.91 Å². The van der Waals surface area contributed by atoms with E-state index in [4.69, 9.17) is 5.73 Å². The predicted octanol–water partition coefficient (Wildman–Crippen LogP) is 3.21. The average molecular weight is 336 g/mol. The van der Waals surface area contributed by atoms with Gasteiger partial charge in [0.1, 0.15) is 5.69 Å². The number of carbonyl (C=O) groups is 1. The molecule has 0 spiro atoms. The number of fused-ring (bicyclic) bond motifs is 1. The molecule has 0 saturated carbocycles. The third-order valence-corrected chi connectivity index (χ3v) is 3.77. The Morgan fingerprint density at radius 2 is 2.04 bits per heavy atom. The fraction of sp³-hybridized carbons (Fsp3) is 0.111. The first kappa shape index (κ1) is 16.4. The zero-order chi connectivity index (χ0) is 18.0. The van der Waals surface area contributed by atoms with Gasteiger partial charge in [0.05, 0.1) is 28.2 Å². The Hall–Kier alpha value is -3.48. The molecule has 7 heteroatoms. The Morgan fingerprint density at radius 3 is 2.80 bits per heavy atom. The van der Waals surface area contributed by atoms with Crippen LogP contribution in [0.2, 0.25) is 0 Å². The number of pyridine rings is 1. The molecule has 0 unspecified atom stereocenters. The van der Waals surface area contributed by atoms with Crippen molar-refractivity contribution >= 4 is 33.9 Å². The van der Waals surface area contributed by atoms with Gasteiger partial charge >= 0.3 is 0 Å². The first-order chi connectivity index (χ1) is 11.9. The molecule has 3 rings (SSSR count). The van der Waals surface area contributed by atoms with E-state index in [9.17, 15) is 14.9 Å². The van der Waals surface area contributed by atoms with Crippen molar-refractivity contribution in [2.45, 2.75) is 13.3 Å². The molecule has 0 aliphatic carbocycles. The molecule has 0 saturated heterocycles. The summed E-state index contributed by atoms with van der Waals surface area (Å²) in [7, 11) is 0. The van der Waals surface area contributed by atoms with Crippen LogP contribution in [-0.2, 0) is 11.2 Å². The van der Waals surface area contributed by atoms with Crippen LogP contribution in [0.4, 0.5) is 17.1 Å². The van der Waals surface area contributed by atoms with Crippen LogP contribution >= 0.6 is 0 Å². The molecule has 0 bridgehead atoms. The average Bonchev–Trinajstić information content (AvgIpc) is 2.57. The van der Waals surface area contributed by atoms with Crippen molar-refractivity contribution in [1.82, 2.24) is 4.98 Å². The predicted molar refractivity (Wildman–Crippen MR) is 96.3 cm³/mol. The molecule has 0 aliphatic heterocycles. The minimum atomic E-state index is -0.516. The minimum Gasteiger partial charge on any atom is -0.397 e. The van der Waals surface area contributed by atoms with Gasteiger partial charge in [0, 0.05) is 11.5 Å². The van der Waals surface area contributed by atoms with E-state index in [-0.39, 0.29) is 23.7 Å². The topological polar surface area (TPSA) is 111 Å². The second-order valence-corrected chi connectivity index (χ2v) is 5.72. The second kappa shape index (κ2) is 6.56. The maximum absolute atomic E-state index is 12.3. The first-order valence-corrected chi connectivity index (χ1v) is 7.63. The maximum Gasteiger partial charge on any atom is 0.293 e. The number of para-hydroxylation sites is 1. The van der Waals surface area contributed by atoms with Crippen molar-refractivity contribution in [3.8, 4) is 0 Å². The SMILES string of the molecule is Cc1ccc(NC(=O)Cc2ccc3cccc(N)c3n2)c([N+](=O)[O-])c1. The van der Waals surface area contributed by atoms with Crippen LogP contribution in [-0.4, -0.2) is 15.8 Å². The normalized spacial score (nSPS) is 10.6. The fourth-order valence-electron chi connectivity index (χ4n) is 2.57. The standard InChI is InChI=1S/C18H16N4O3/c1-11-5-8-15(16(9-11)22(24)25)21-17(23)10-13-7-6-12-3-2-4-14(19)18(12)20-13/h2-9H,10,19H2,1H3,(H,21,23). The van der Waals surface area contributed by atoms with E-state index in [0.29, 0.717) is 16.9 Å². The van der Waals surface area contributed by atoms with Gasteiger partial charge in [-0.15, -0.1) is 0 Å². The highest BCUT2D eigenvalue weighted by atomic mass is 16.6. The number of anilines is 2. The molecular weight excluding hydrogens is 320 g/mol. The Balaban J connectivity index is 1.82. The van der Waals surface area contributed by atoms with Crippen LogP contribution < -0.4 is 11.1 Å². The number of nitrogen functional groups attached to an aromatic ring is 1. The number of hydrogen-bond donors (Lipinski definition) is 2. The molecule has 1 aromatic heterocycles. The molecule has 0 radical (unpaired) electrons. The van der Waals surface area contributed by atoms with Crippen LogP contribution in [0.3, 0.4) is 0 Å². The van der Waals surface area contributed by atoms with Gasteiger partial charge in [0.15, 0.2) is 0 Å². The number of carbonyl (C=O) groups excluding carboxylic acids is 1. The van der Waals surface area contributed by atoms with Crippen molar-refractivity contribution in [3.05, 3.63) is 69.9 Å². The molecule has 0 atom stereocenters. The Labute approximate surface area is 143 Å². The first-order valence-electron chi connectivity index (χ1n) is 7.63. The molecule has 0 aliphatic rings. The van der Waals surface area contributed by atoms with E-state index in [1.165, 1.54) is 12.1 Å². The summed E-state index contributed by atoms with van der Waals surface area (Å²) < 4.78 is 0.